The first-order valence-electron chi connectivity index (χ1n) is 7.24. The molecule has 0 radical (unpaired) electrons. The Morgan fingerprint density at radius 1 is 1.26 bits per heavy atom. The van der Waals surface area contributed by atoms with E-state index in [9.17, 15) is 27.3 Å². The van der Waals surface area contributed by atoms with Gasteiger partial charge in [-0.1, -0.05) is 0 Å². The molecule has 0 aliphatic heterocycles. The average molecular weight is 400 g/mol. The number of sulfonamides is 1. The molecular formula is C15H14F2N4O5S. The number of nitro benzene ring substituents is 1. The van der Waals surface area contributed by atoms with Gasteiger partial charge in [-0.25, -0.2) is 13.6 Å². The molecule has 144 valence electrons. The highest BCUT2D eigenvalue weighted by atomic mass is 32.2. The van der Waals surface area contributed by atoms with Gasteiger partial charge in [-0.3, -0.25) is 15.5 Å². The summed E-state index contributed by atoms with van der Waals surface area (Å²) in [5.41, 5.74) is 2.84. The molecule has 2 aromatic rings. The van der Waals surface area contributed by atoms with E-state index in [-0.39, 0.29) is 11.4 Å². The number of hydrogen-bond donors (Lipinski definition) is 2. The minimum atomic E-state index is -4.10. The van der Waals surface area contributed by atoms with Crippen LogP contribution in [0.15, 0.2) is 52.5 Å². The predicted octanol–water partition coefficient (Wildman–Crippen LogP) is 2.68. The highest BCUT2D eigenvalue weighted by Gasteiger charge is 2.19. The van der Waals surface area contributed by atoms with Crippen LogP contribution in [0.25, 0.3) is 0 Å². The number of hydrogen-bond acceptors (Lipinski definition) is 7. The number of rotatable bonds is 7. The van der Waals surface area contributed by atoms with Gasteiger partial charge in [-0.05, 0) is 48.9 Å². The molecule has 0 atom stereocenters. The van der Waals surface area contributed by atoms with Gasteiger partial charge >= 0.3 is 6.61 Å². The van der Waals surface area contributed by atoms with E-state index in [1.807, 2.05) is 0 Å². The number of halogens is 2. The Morgan fingerprint density at radius 2 is 1.89 bits per heavy atom. The summed E-state index contributed by atoms with van der Waals surface area (Å²) in [7, 11) is -4.10. The van der Waals surface area contributed by atoms with Crippen molar-refractivity contribution in [3.8, 4) is 5.75 Å². The van der Waals surface area contributed by atoms with Crippen molar-refractivity contribution in [3.05, 3.63) is 58.1 Å². The van der Waals surface area contributed by atoms with Crippen LogP contribution in [0, 0.1) is 10.1 Å². The lowest BCUT2D eigenvalue weighted by Gasteiger charge is -2.07. The highest BCUT2D eigenvalue weighted by Crippen LogP contribution is 2.27. The van der Waals surface area contributed by atoms with E-state index in [0.717, 1.165) is 18.2 Å². The maximum absolute atomic E-state index is 12.1. The van der Waals surface area contributed by atoms with Gasteiger partial charge < -0.3 is 4.74 Å². The molecule has 0 spiro atoms. The number of nitrogens with two attached hydrogens (primary N) is 1. The van der Waals surface area contributed by atoms with Crippen LogP contribution in [0.1, 0.15) is 12.5 Å². The van der Waals surface area contributed by atoms with Crippen molar-refractivity contribution < 1.29 is 26.9 Å². The monoisotopic (exact) mass is 400 g/mol. The van der Waals surface area contributed by atoms with Crippen LogP contribution < -0.4 is 15.3 Å². The fraction of sp³-hybridized carbons (Fsp3) is 0.133. The molecule has 0 fully saturated rings. The van der Waals surface area contributed by atoms with Crippen LogP contribution in [-0.2, 0) is 10.0 Å². The Labute approximate surface area is 152 Å². The van der Waals surface area contributed by atoms with Crippen LogP contribution in [0.5, 0.6) is 5.75 Å². The second-order valence-electron chi connectivity index (χ2n) is 5.19. The van der Waals surface area contributed by atoms with Crippen molar-refractivity contribution in [1.29, 1.82) is 0 Å². The van der Waals surface area contributed by atoms with E-state index in [2.05, 4.69) is 15.3 Å². The van der Waals surface area contributed by atoms with Crippen LogP contribution in [0.4, 0.5) is 20.2 Å². The Kier molecular flexibility index (Phi) is 6.02. The first kappa shape index (κ1) is 20.2. The molecule has 2 aromatic carbocycles. The Morgan fingerprint density at radius 3 is 2.41 bits per heavy atom. The Bertz CT molecular complexity index is 978. The Balaban J connectivity index is 2.24. The largest absolute Gasteiger partial charge is 0.435 e. The number of primary sulfonamides is 1. The third-order valence-corrected chi connectivity index (χ3v) is 4.25. The molecule has 0 saturated heterocycles. The van der Waals surface area contributed by atoms with Gasteiger partial charge in [-0.15, -0.1) is 0 Å². The number of nitrogens with one attached hydrogen (secondary N) is 1. The molecule has 0 aliphatic rings. The SMILES string of the molecule is C/C(=N\Nc1ccc(S(N)(=O)=O)cc1[N+](=O)[O-])c1ccc(OC(F)F)cc1. The summed E-state index contributed by atoms with van der Waals surface area (Å²) in [6.45, 7) is -1.35. The topological polar surface area (TPSA) is 137 Å². The zero-order chi connectivity index (χ0) is 20.2. The number of benzene rings is 2. The van der Waals surface area contributed by atoms with Gasteiger partial charge in [0.15, 0.2) is 0 Å². The summed E-state index contributed by atoms with van der Waals surface area (Å²) in [5, 5.41) is 20.1. The number of nitro groups is 1. The van der Waals surface area contributed by atoms with Crippen LogP contribution in [0.2, 0.25) is 0 Å². The summed E-state index contributed by atoms with van der Waals surface area (Å²) in [4.78, 5) is 9.96. The van der Waals surface area contributed by atoms with Gasteiger partial charge in [0, 0.05) is 6.07 Å². The van der Waals surface area contributed by atoms with Crippen molar-refractivity contribution >= 4 is 27.1 Å². The molecule has 27 heavy (non-hydrogen) atoms. The van der Waals surface area contributed by atoms with Crippen molar-refractivity contribution in [3.63, 3.8) is 0 Å². The normalized spacial score (nSPS) is 12.1. The number of alkyl halides is 2. The quantitative estimate of drug-likeness (QED) is 0.416. The fourth-order valence-corrected chi connectivity index (χ4v) is 2.55. The molecule has 0 bridgehead atoms. The van der Waals surface area contributed by atoms with E-state index in [0.29, 0.717) is 11.3 Å². The van der Waals surface area contributed by atoms with E-state index in [1.165, 1.54) is 24.3 Å². The van der Waals surface area contributed by atoms with Crippen molar-refractivity contribution in [1.82, 2.24) is 0 Å². The third kappa shape index (κ3) is 5.43. The second kappa shape index (κ2) is 8.05. The van der Waals surface area contributed by atoms with Gasteiger partial charge in [0.25, 0.3) is 5.69 Å². The zero-order valence-corrected chi connectivity index (χ0v) is 14.6. The van der Waals surface area contributed by atoms with Crippen molar-refractivity contribution in [2.75, 3.05) is 5.43 Å². The molecule has 0 heterocycles. The molecule has 0 saturated carbocycles. The van der Waals surface area contributed by atoms with Crippen LogP contribution in [0.3, 0.4) is 0 Å². The van der Waals surface area contributed by atoms with E-state index >= 15 is 0 Å². The standard InChI is InChI=1S/C15H14F2N4O5S/c1-9(10-2-4-11(5-3-10)26-15(16)17)19-20-13-7-6-12(27(18,24)25)8-14(13)21(22)23/h2-8,15,20H,1H3,(H2,18,24,25)/b19-9+. The lowest BCUT2D eigenvalue weighted by Crippen LogP contribution is -2.12. The van der Waals surface area contributed by atoms with Crippen molar-refractivity contribution in [2.24, 2.45) is 10.2 Å². The average Bonchev–Trinajstić information content (AvgIpc) is 2.58. The van der Waals surface area contributed by atoms with Gasteiger partial charge in [0.05, 0.1) is 15.5 Å². The molecule has 3 N–H and O–H groups in total. The van der Waals surface area contributed by atoms with Crippen LogP contribution >= 0.6 is 0 Å². The third-order valence-electron chi connectivity index (χ3n) is 3.34. The minimum Gasteiger partial charge on any atom is -0.435 e. The summed E-state index contributed by atoms with van der Waals surface area (Å²) in [5.74, 6) is -0.0243. The van der Waals surface area contributed by atoms with E-state index in [1.54, 1.807) is 6.92 Å². The summed E-state index contributed by atoms with van der Waals surface area (Å²) >= 11 is 0. The molecule has 9 nitrogen and oxygen atoms in total. The van der Waals surface area contributed by atoms with Gasteiger partial charge in [0.2, 0.25) is 10.0 Å². The summed E-state index contributed by atoms with van der Waals surface area (Å²) < 4.78 is 51.1. The van der Waals surface area contributed by atoms with Crippen LogP contribution in [-0.4, -0.2) is 25.7 Å². The highest BCUT2D eigenvalue weighted by molar-refractivity contribution is 7.89. The maximum atomic E-state index is 12.1. The summed E-state index contributed by atoms with van der Waals surface area (Å²) in [6, 6.07) is 8.69. The Hall–Kier alpha value is -3.12. The maximum Gasteiger partial charge on any atom is 0.387 e. The number of anilines is 1. The second-order valence-corrected chi connectivity index (χ2v) is 6.75. The van der Waals surface area contributed by atoms with E-state index < -0.39 is 32.1 Å². The lowest BCUT2D eigenvalue weighted by atomic mass is 10.1. The molecule has 0 aromatic heterocycles. The molecule has 12 heteroatoms. The molecular weight excluding hydrogens is 386 g/mol. The number of ether oxygens (including phenoxy) is 1. The molecule has 0 aliphatic carbocycles. The smallest absolute Gasteiger partial charge is 0.387 e. The molecule has 2 rings (SSSR count). The first-order valence-corrected chi connectivity index (χ1v) is 8.79. The van der Waals surface area contributed by atoms with E-state index in [4.69, 9.17) is 5.14 Å². The van der Waals surface area contributed by atoms with Gasteiger partial charge in [0.1, 0.15) is 11.4 Å². The molecule has 0 unspecified atom stereocenters. The number of nitrogens with zero attached hydrogens (tertiary/aromatic N) is 2. The molecule has 0 amide bonds. The fourth-order valence-electron chi connectivity index (χ4n) is 2.02. The predicted molar refractivity (Wildman–Crippen MR) is 93.4 cm³/mol. The summed E-state index contributed by atoms with van der Waals surface area (Å²) in [6.07, 6.45) is 0. The zero-order valence-electron chi connectivity index (χ0n) is 13.8. The van der Waals surface area contributed by atoms with Crippen molar-refractivity contribution in [2.45, 2.75) is 18.4 Å². The number of hydrazone groups is 1. The first-order chi connectivity index (χ1) is 12.6. The van der Waals surface area contributed by atoms with Gasteiger partial charge in [-0.2, -0.15) is 13.9 Å². The lowest BCUT2D eigenvalue weighted by molar-refractivity contribution is -0.384. The minimum absolute atomic E-state index is 0.0243.